The lowest BCUT2D eigenvalue weighted by molar-refractivity contribution is -0.119. The Kier molecular flexibility index (Phi) is 3.89. The van der Waals surface area contributed by atoms with E-state index in [0.717, 1.165) is 0 Å². The van der Waals surface area contributed by atoms with Crippen molar-refractivity contribution < 1.29 is 23.0 Å². The van der Waals surface area contributed by atoms with Crippen LogP contribution in [0.5, 0.6) is 5.75 Å². The quantitative estimate of drug-likeness (QED) is 0.632. The smallest absolute Gasteiger partial charge is 0.360 e. The van der Waals surface area contributed by atoms with E-state index in [0.29, 0.717) is 0 Å². The SMILES string of the molecule is COC(=O)c1nc(Cl)ccc1OCC1CC(F)(F)C1. The standard InChI is InChI=1S/C12H12ClF2NO3/c1-18-11(17)10-8(2-3-9(13)16-10)19-6-7-4-12(14,15)5-7/h2-3,7H,4-6H2,1H3. The molecule has 0 aromatic carbocycles. The summed E-state index contributed by atoms with van der Waals surface area (Å²) in [7, 11) is 1.21. The van der Waals surface area contributed by atoms with Gasteiger partial charge in [0.05, 0.1) is 13.7 Å². The predicted molar refractivity (Wildman–Crippen MR) is 63.8 cm³/mol. The first-order valence-corrected chi connectivity index (χ1v) is 6.04. The second kappa shape index (κ2) is 5.28. The van der Waals surface area contributed by atoms with Gasteiger partial charge in [0.15, 0.2) is 11.4 Å². The summed E-state index contributed by atoms with van der Waals surface area (Å²) < 4.78 is 35.2. The van der Waals surface area contributed by atoms with Crippen LogP contribution >= 0.6 is 11.6 Å². The van der Waals surface area contributed by atoms with E-state index in [-0.39, 0.29) is 42.0 Å². The summed E-state index contributed by atoms with van der Waals surface area (Å²) in [5.41, 5.74) is -0.0546. The van der Waals surface area contributed by atoms with E-state index in [1.807, 2.05) is 0 Å². The van der Waals surface area contributed by atoms with E-state index in [9.17, 15) is 13.6 Å². The van der Waals surface area contributed by atoms with E-state index in [1.165, 1.54) is 19.2 Å². The minimum absolute atomic E-state index is 0.0546. The molecule has 0 unspecified atom stereocenters. The van der Waals surface area contributed by atoms with Crippen molar-refractivity contribution in [3.8, 4) is 5.75 Å². The molecule has 19 heavy (non-hydrogen) atoms. The van der Waals surface area contributed by atoms with E-state index < -0.39 is 11.9 Å². The van der Waals surface area contributed by atoms with Crippen molar-refractivity contribution in [3.63, 3.8) is 0 Å². The van der Waals surface area contributed by atoms with Crippen LogP contribution in [0.25, 0.3) is 0 Å². The Morgan fingerprint density at radius 2 is 2.21 bits per heavy atom. The fourth-order valence-electron chi connectivity index (χ4n) is 1.89. The van der Waals surface area contributed by atoms with Crippen LogP contribution < -0.4 is 4.74 Å². The zero-order chi connectivity index (χ0) is 14.0. The molecular formula is C12H12ClF2NO3. The number of ether oxygens (including phenoxy) is 2. The van der Waals surface area contributed by atoms with Crippen LogP contribution in [0.4, 0.5) is 8.78 Å². The number of aromatic nitrogens is 1. The maximum atomic E-state index is 12.7. The molecule has 0 amide bonds. The number of esters is 1. The number of halogens is 3. The van der Waals surface area contributed by atoms with E-state index >= 15 is 0 Å². The first kappa shape index (κ1) is 14.0. The minimum atomic E-state index is -2.59. The van der Waals surface area contributed by atoms with Crippen molar-refractivity contribution in [2.45, 2.75) is 18.8 Å². The molecule has 0 radical (unpaired) electrons. The van der Waals surface area contributed by atoms with Gasteiger partial charge in [-0.3, -0.25) is 0 Å². The van der Waals surface area contributed by atoms with Gasteiger partial charge >= 0.3 is 5.97 Å². The summed E-state index contributed by atoms with van der Waals surface area (Å²) in [4.78, 5) is 15.3. The Bertz CT molecular complexity index is 488. The Labute approximate surface area is 113 Å². The third kappa shape index (κ3) is 3.32. The van der Waals surface area contributed by atoms with Crippen LogP contribution in [-0.2, 0) is 4.74 Å². The van der Waals surface area contributed by atoms with Gasteiger partial charge in [0.2, 0.25) is 5.92 Å². The molecule has 1 aliphatic rings. The van der Waals surface area contributed by atoms with Gasteiger partial charge in [-0.15, -0.1) is 0 Å². The zero-order valence-electron chi connectivity index (χ0n) is 10.2. The second-order valence-corrected chi connectivity index (χ2v) is 4.80. The summed E-state index contributed by atoms with van der Waals surface area (Å²) in [6, 6.07) is 2.93. The zero-order valence-corrected chi connectivity index (χ0v) is 10.9. The lowest BCUT2D eigenvalue weighted by Crippen LogP contribution is -2.38. The third-order valence-corrected chi connectivity index (χ3v) is 3.06. The van der Waals surface area contributed by atoms with Crippen molar-refractivity contribution in [2.24, 2.45) is 5.92 Å². The first-order chi connectivity index (χ1) is 8.91. The summed E-state index contributed by atoms with van der Waals surface area (Å²) in [5.74, 6) is -3.30. The normalized spacial score (nSPS) is 17.7. The van der Waals surface area contributed by atoms with Crippen LogP contribution in [0.3, 0.4) is 0 Å². The molecule has 1 fully saturated rings. The van der Waals surface area contributed by atoms with Gasteiger partial charge in [0.25, 0.3) is 0 Å². The largest absolute Gasteiger partial charge is 0.491 e. The molecule has 1 saturated carbocycles. The van der Waals surface area contributed by atoms with Gasteiger partial charge in [-0.05, 0) is 12.1 Å². The van der Waals surface area contributed by atoms with Gasteiger partial charge in [-0.25, -0.2) is 18.6 Å². The van der Waals surface area contributed by atoms with E-state index in [1.54, 1.807) is 0 Å². The average molecular weight is 292 g/mol. The molecule has 7 heteroatoms. The molecule has 1 aromatic rings. The highest BCUT2D eigenvalue weighted by Crippen LogP contribution is 2.42. The molecule has 2 rings (SSSR count). The van der Waals surface area contributed by atoms with Crippen LogP contribution in [0.1, 0.15) is 23.3 Å². The highest BCUT2D eigenvalue weighted by molar-refractivity contribution is 6.29. The third-order valence-electron chi connectivity index (χ3n) is 2.85. The molecule has 1 aliphatic carbocycles. The Morgan fingerprint density at radius 1 is 1.53 bits per heavy atom. The van der Waals surface area contributed by atoms with E-state index in [2.05, 4.69) is 9.72 Å². The Morgan fingerprint density at radius 3 is 2.79 bits per heavy atom. The molecule has 0 spiro atoms. The monoisotopic (exact) mass is 291 g/mol. The van der Waals surface area contributed by atoms with Crippen LogP contribution in [-0.4, -0.2) is 30.6 Å². The van der Waals surface area contributed by atoms with Gasteiger partial charge in [0.1, 0.15) is 5.15 Å². The van der Waals surface area contributed by atoms with E-state index in [4.69, 9.17) is 16.3 Å². The second-order valence-electron chi connectivity index (χ2n) is 4.41. The fourth-order valence-corrected chi connectivity index (χ4v) is 2.04. The molecule has 0 saturated heterocycles. The number of carbonyl (C=O) groups is 1. The number of alkyl halides is 2. The van der Waals surface area contributed by atoms with Crippen molar-refractivity contribution in [1.82, 2.24) is 4.98 Å². The molecular weight excluding hydrogens is 280 g/mol. The summed E-state index contributed by atoms with van der Waals surface area (Å²) >= 11 is 5.68. The lowest BCUT2D eigenvalue weighted by Gasteiger charge is -2.34. The average Bonchev–Trinajstić information content (AvgIpc) is 2.33. The fraction of sp³-hybridized carbons (Fsp3) is 0.500. The topological polar surface area (TPSA) is 48.4 Å². The first-order valence-electron chi connectivity index (χ1n) is 5.67. The van der Waals surface area contributed by atoms with Crippen molar-refractivity contribution >= 4 is 17.6 Å². The Hall–Kier alpha value is -1.43. The number of pyridine rings is 1. The lowest BCUT2D eigenvalue weighted by atomic mass is 9.82. The van der Waals surface area contributed by atoms with Crippen LogP contribution in [0, 0.1) is 5.92 Å². The number of hydrogen-bond donors (Lipinski definition) is 0. The summed E-state index contributed by atoms with van der Waals surface area (Å²) in [6.45, 7) is 0.114. The number of hydrogen-bond acceptors (Lipinski definition) is 4. The summed E-state index contributed by atoms with van der Waals surface area (Å²) in [6.07, 6.45) is -0.386. The van der Waals surface area contributed by atoms with Gasteiger partial charge in [-0.1, -0.05) is 11.6 Å². The molecule has 1 aromatic heterocycles. The number of methoxy groups -OCH3 is 1. The van der Waals surface area contributed by atoms with Crippen LogP contribution in [0.2, 0.25) is 5.15 Å². The molecule has 4 nitrogen and oxygen atoms in total. The maximum absolute atomic E-state index is 12.7. The van der Waals surface area contributed by atoms with Gasteiger partial charge < -0.3 is 9.47 Å². The Balaban J connectivity index is 2.02. The van der Waals surface area contributed by atoms with Crippen LogP contribution in [0.15, 0.2) is 12.1 Å². The van der Waals surface area contributed by atoms with Crippen molar-refractivity contribution in [3.05, 3.63) is 23.0 Å². The van der Waals surface area contributed by atoms with Gasteiger partial charge in [0, 0.05) is 18.8 Å². The van der Waals surface area contributed by atoms with Crippen molar-refractivity contribution in [1.29, 1.82) is 0 Å². The highest BCUT2D eigenvalue weighted by Gasteiger charge is 2.45. The molecule has 0 aliphatic heterocycles. The van der Waals surface area contributed by atoms with Gasteiger partial charge in [-0.2, -0.15) is 0 Å². The number of carbonyl (C=O) groups excluding carboxylic acids is 1. The molecule has 0 atom stereocenters. The highest BCUT2D eigenvalue weighted by atomic mass is 35.5. The molecule has 1 heterocycles. The minimum Gasteiger partial charge on any atom is -0.491 e. The van der Waals surface area contributed by atoms with Crippen molar-refractivity contribution in [2.75, 3.05) is 13.7 Å². The maximum Gasteiger partial charge on any atom is 0.360 e. The molecule has 104 valence electrons. The molecule has 0 bridgehead atoms. The summed E-state index contributed by atoms with van der Waals surface area (Å²) in [5, 5.41) is 0.128. The number of nitrogens with zero attached hydrogens (tertiary/aromatic N) is 1. The predicted octanol–water partition coefficient (Wildman–Crippen LogP) is 2.95. The number of rotatable bonds is 4. The molecule has 0 N–H and O–H groups in total.